The van der Waals surface area contributed by atoms with E-state index in [0.717, 1.165) is 48.4 Å². The molecule has 4 rings (SSSR count). The zero-order valence-electron chi connectivity index (χ0n) is 17.5. The van der Waals surface area contributed by atoms with E-state index in [2.05, 4.69) is 27.9 Å². The SMILES string of the molecule is O=C(NCc1cccc(COC2CCOCC2)c1)NCc1cccc(-n2cccn2)c1. The van der Waals surface area contributed by atoms with E-state index in [1.165, 1.54) is 0 Å². The molecule has 1 aromatic heterocycles. The average molecular weight is 421 g/mol. The van der Waals surface area contributed by atoms with Crippen molar-refractivity contribution < 1.29 is 14.3 Å². The molecule has 3 aromatic rings. The Hall–Kier alpha value is -3.16. The fourth-order valence-electron chi connectivity index (χ4n) is 3.54. The summed E-state index contributed by atoms with van der Waals surface area (Å²) in [6.45, 7) is 3.04. The number of urea groups is 1. The molecule has 1 aliphatic rings. The van der Waals surface area contributed by atoms with Crippen molar-refractivity contribution in [3.05, 3.63) is 83.7 Å². The van der Waals surface area contributed by atoms with E-state index in [-0.39, 0.29) is 12.1 Å². The van der Waals surface area contributed by atoms with Gasteiger partial charge in [0.15, 0.2) is 0 Å². The number of amides is 2. The molecule has 7 nitrogen and oxygen atoms in total. The zero-order valence-corrected chi connectivity index (χ0v) is 17.5. The number of carbonyl (C=O) groups is 1. The van der Waals surface area contributed by atoms with Gasteiger partial charge in [0.1, 0.15) is 0 Å². The van der Waals surface area contributed by atoms with E-state index in [1.54, 1.807) is 10.9 Å². The number of hydrogen-bond donors (Lipinski definition) is 2. The van der Waals surface area contributed by atoms with Gasteiger partial charge in [-0.1, -0.05) is 36.4 Å². The molecule has 162 valence electrons. The van der Waals surface area contributed by atoms with Crippen molar-refractivity contribution in [1.29, 1.82) is 0 Å². The maximum absolute atomic E-state index is 12.2. The molecule has 1 aliphatic heterocycles. The Balaban J connectivity index is 1.22. The van der Waals surface area contributed by atoms with Crippen molar-refractivity contribution in [3.8, 4) is 5.69 Å². The Labute approximate surface area is 182 Å². The second-order valence-electron chi connectivity index (χ2n) is 7.60. The summed E-state index contributed by atoms with van der Waals surface area (Å²) in [5.41, 5.74) is 4.13. The molecule has 2 amide bonds. The van der Waals surface area contributed by atoms with Crippen LogP contribution in [0.25, 0.3) is 5.69 Å². The lowest BCUT2D eigenvalue weighted by atomic mass is 10.1. The van der Waals surface area contributed by atoms with Gasteiger partial charge in [-0.3, -0.25) is 0 Å². The van der Waals surface area contributed by atoms with Gasteiger partial charge in [-0.25, -0.2) is 9.48 Å². The van der Waals surface area contributed by atoms with E-state index in [1.807, 2.05) is 48.7 Å². The van der Waals surface area contributed by atoms with E-state index >= 15 is 0 Å². The molecule has 0 saturated carbocycles. The minimum atomic E-state index is -0.201. The maximum atomic E-state index is 12.2. The molecule has 0 unspecified atom stereocenters. The molecule has 1 fully saturated rings. The van der Waals surface area contributed by atoms with Crippen LogP contribution in [0.5, 0.6) is 0 Å². The highest BCUT2D eigenvalue weighted by molar-refractivity contribution is 5.73. The van der Waals surface area contributed by atoms with E-state index < -0.39 is 0 Å². The van der Waals surface area contributed by atoms with Crippen molar-refractivity contribution in [2.45, 2.75) is 38.6 Å². The molecular formula is C24H28N4O3. The van der Waals surface area contributed by atoms with Crippen LogP contribution in [0.4, 0.5) is 4.79 Å². The number of rotatable bonds is 8. The highest BCUT2D eigenvalue weighted by atomic mass is 16.5. The van der Waals surface area contributed by atoms with Crippen LogP contribution in [-0.4, -0.2) is 35.1 Å². The van der Waals surface area contributed by atoms with Gasteiger partial charge in [-0.05, 0) is 47.7 Å². The summed E-state index contributed by atoms with van der Waals surface area (Å²) in [5, 5.41) is 10.1. The lowest BCUT2D eigenvalue weighted by molar-refractivity contribution is -0.0390. The lowest BCUT2D eigenvalue weighted by Gasteiger charge is -2.22. The first kappa shape index (κ1) is 21.1. The summed E-state index contributed by atoms with van der Waals surface area (Å²) >= 11 is 0. The highest BCUT2D eigenvalue weighted by Gasteiger charge is 2.14. The Morgan fingerprint density at radius 3 is 2.45 bits per heavy atom. The standard InChI is InChI=1S/C24H28N4O3/c29-24(26-17-20-5-2-7-22(15-20)28-11-3-10-27-28)25-16-19-4-1-6-21(14-19)18-31-23-8-12-30-13-9-23/h1-7,10-11,14-15,23H,8-9,12-13,16-18H2,(H2,25,26,29). The molecule has 0 bridgehead atoms. The number of aromatic nitrogens is 2. The van der Waals surface area contributed by atoms with Crippen molar-refractivity contribution in [2.24, 2.45) is 0 Å². The molecule has 0 aliphatic carbocycles. The number of nitrogens with one attached hydrogen (secondary N) is 2. The normalized spacial score (nSPS) is 14.3. The minimum absolute atomic E-state index is 0.201. The van der Waals surface area contributed by atoms with Crippen molar-refractivity contribution >= 4 is 6.03 Å². The van der Waals surface area contributed by atoms with E-state index in [9.17, 15) is 4.79 Å². The first-order valence-corrected chi connectivity index (χ1v) is 10.6. The summed E-state index contributed by atoms with van der Waals surface area (Å²) in [5.74, 6) is 0. The average Bonchev–Trinajstić information content (AvgIpc) is 3.36. The van der Waals surface area contributed by atoms with Crippen LogP contribution in [0.15, 0.2) is 67.0 Å². The molecular weight excluding hydrogens is 392 g/mol. The van der Waals surface area contributed by atoms with Gasteiger partial charge < -0.3 is 20.1 Å². The van der Waals surface area contributed by atoms with Gasteiger partial charge in [0.05, 0.1) is 18.4 Å². The largest absolute Gasteiger partial charge is 0.381 e. The van der Waals surface area contributed by atoms with Crippen LogP contribution in [0.2, 0.25) is 0 Å². The number of nitrogens with zero attached hydrogens (tertiary/aromatic N) is 2. The second-order valence-corrected chi connectivity index (χ2v) is 7.60. The topological polar surface area (TPSA) is 77.4 Å². The molecule has 0 atom stereocenters. The zero-order chi connectivity index (χ0) is 21.3. The monoisotopic (exact) mass is 420 g/mol. The summed E-state index contributed by atoms with van der Waals surface area (Å²) in [7, 11) is 0. The van der Waals surface area contributed by atoms with Crippen molar-refractivity contribution in [3.63, 3.8) is 0 Å². The van der Waals surface area contributed by atoms with Gasteiger partial charge in [0.2, 0.25) is 0 Å². The molecule has 2 aromatic carbocycles. The Morgan fingerprint density at radius 1 is 1.00 bits per heavy atom. The van der Waals surface area contributed by atoms with Crippen LogP contribution in [0.1, 0.15) is 29.5 Å². The Morgan fingerprint density at radius 2 is 1.71 bits per heavy atom. The predicted molar refractivity (Wildman–Crippen MR) is 118 cm³/mol. The number of hydrogen-bond acceptors (Lipinski definition) is 4. The molecule has 7 heteroatoms. The van der Waals surface area contributed by atoms with Gasteiger partial charge >= 0.3 is 6.03 Å². The van der Waals surface area contributed by atoms with Gasteiger partial charge in [-0.15, -0.1) is 0 Å². The van der Waals surface area contributed by atoms with Crippen LogP contribution in [0.3, 0.4) is 0 Å². The third-order valence-corrected chi connectivity index (χ3v) is 5.23. The third-order valence-electron chi connectivity index (χ3n) is 5.23. The van der Waals surface area contributed by atoms with Crippen LogP contribution >= 0.6 is 0 Å². The summed E-state index contributed by atoms with van der Waals surface area (Å²) in [4.78, 5) is 12.2. The first-order chi connectivity index (χ1) is 15.3. The molecule has 0 spiro atoms. The fraction of sp³-hybridized carbons (Fsp3) is 0.333. The molecule has 0 radical (unpaired) electrons. The van der Waals surface area contributed by atoms with E-state index in [4.69, 9.17) is 9.47 Å². The Bertz CT molecular complexity index is 968. The smallest absolute Gasteiger partial charge is 0.315 e. The summed E-state index contributed by atoms with van der Waals surface area (Å²) in [6.07, 6.45) is 5.80. The molecule has 31 heavy (non-hydrogen) atoms. The van der Waals surface area contributed by atoms with Gasteiger partial charge in [0.25, 0.3) is 0 Å². The number of ether oxygens (including phenoxy) is 2. The third kappa shape index (κ3) is 6.41. The quantitative estimate of drug-likeness (QED) is 0.584. The fourth-order valence-corrected chi connectivity index (χ4v) is 3.54. The minimum Gasteiger partial charge on any atom is -0.381 e. The Kier molecular flexibility index (Phi) is 7.31. The van der Waals surface area contributed by atoms with Crippen LogP contribution < -0.4 is 10.6 Å². The highest BCUT2D eigenvalue weighted by Crippen LogP contribution is 2.14. The molecule has 2 N–H and O–H groups in total. The first-order valence-electron chi connectivity index (χ1n) is 10.6. The van der Waals surface area contributed by atoms with Crippen LogP contribution in [0, 0.1) is 0 Å². The number of benzene rings is 2. The van der Waals surface area contributed by atoms with Gasteiger partial charge in [-0.2, -0.15) is 5.10 Å². The predicted octanol–water partition coefficient (Wildman–Crippen LogP) is 3.57. The summed E-state index contributed by atoms with van der Waals surface area (Å²) in [6, 6.07) is 17.7. The lowest BCUT2D eigenvalue weighted by Crippen LogP contribution is -2.34. The number of carbonyl (C=O) groups excluding carboxylic acids is 1. The maximum Gasteiger partial charge on any atom is 0.315 e. The summed E-state index contributed by atoms with van der Waals surface area (Å²) < 4.78 is 13.1. The van der Waals surface area contributed by atoms with Crippen molar-refractivity contribution in [1.82, 2.24) is 20.4 Å². The van der Waals surface area contributed by atoms with Gasteiger partial charge in [0, 0.05) is 38.7 Å². The molecule has 1 saturated heterocycles. The second kappa shape index (κ2) is 10.7. The molecule has 2 heterocycles. The van der Waals surface area contributed by atoms with E-state index in [0.29, 0.717) is 19.7 Å². The van der Waals surface area contributed by atoms with Crippen LogP contribution in [-0.2, 0) is 29.2 Å². The van der Waals surface area contributed by atoms with Crippen molar-refractivity contribution in [2.75, 3.05) is 13.2 Å².